The third-order valence-electron chi connectivity index (χ3n) is 3.78. The lowest BCUT2D eigenvalue weighted by Crippen LogP contribution is -2.49. The van der Waals surface area contributed by atoms with Crippen LogP contribution in [0.1, 0.15) is 33.6 Å². The van der Waals surface area contributed by atoms with Gasteiger partial charge in [0.2, 0.25) is 0 Å². The molecule has 7 nitrogen and oxygen atoms in total. The van der Waals surface area contributed by atoms with Crippen LogP contribution in [0.2, 0.25) is 0 Å². The summed E-state index contributed by atoms with van der Waals surface area (Å²) in [7, 11) is -5.76. The zero-order valence-corrected chi connectivity index (χ0v) is 14.9. The van der Waals surface area contributed by atoms with Crippen molar-refractivity contribution < 1.29 is 40.0 Å². The van der Waals surface area contributed by atoms with Gasteiger partial charge in [-0.25, -0.2) is 4.79 Å². The van der Waals surface area contributed by atoms with E-state index in [0.29, 0.717) is 0 Å². The minimum Gasteiger partial charge on any atom is -0.444 e. The van der Waals surface area contributed by atoms with Crippen LogP contribution in [0.3, 0.4) is 0 Å². The van der Waals surface area contributed by atoms with Crippen molar-refractivity contribution in [2.24, 2.45) is 0 Å². The summed E-state index contributed by atoms with van der Waals surface area (Å²) in [6.07, 6.45) is 0.832. The minimum atomic E-state index is -5.76. The summed E-state index contributed by atoms with van der Waals surface area (Å²) in [5.41, 5.74) is -7.48. The molecule has 0 unspecified atom stereocenters. The van der Waals surface area contributed by atoms with E-state index < -0.39 is 32.9 Å². The highest BCUT2D eigenvalue weighted by atomic mass is 32.2. The maximum atomic E-state index is 12.5. The average Bonchev–Trinajstić information content (AvgIpc) is 2.78. The second-order valence-corrected chi connectivity index (χ2v) is 8.36. The molecule has 0 aromatic heterocycles. The molecule has 1 amide bonds. The predicted octanol–water partition coefficient (Wildman–Crippen LogP) is 2.54. The number of nitrogens with zero attached hydrogens (tertiary/aromatic N) is 1. The Morgan fingerprint density at radius 3 is 2.28 bits per heavy atom. The fourth-order valence-electron chi connectivity index (χ4n) is 2.58. The maximum Gasteiger partial charge on any atom is 0.534 e. The number of amides is 1. The van der Waals surface area contributed by atoms with Crippen LogP contribution in [-0.4, -0.2) is 55.8 Å². The molecule has 25 heavy (non-hydrogen) atoms. The van der Waals surface area contributed by atoms with Crippen LogP contribution in [0.4, 0.5) is 18.0 Å². The van der Waals surface area contributed by atoms with Crippen molar-refractivity contribution in [1.29, 1.82) is 0 Å². The second-order valence-electron chi connectivity index (χ2n) is 6.82. The van der Waals surface area contributed by atoms with E-state index >= 15 is 0 Å². The van der Waals surface area contributed by atoms with E-state index in [2.05, 4.69) is 4.18 Å². The molecule has 2 rings (SSSR count). The van der Waals surface area contributed by atoms with Gasteiger partial charge < -0.3 is 18.6 Å². The summed E-state index contributed by atoms with van der Waals surface area (Å²) in [5, 5.41) is 0. The summed E-state index contributed by atoms with van der Waals surface area (Å²) in [4.78, 5) is 13.4. The van der Waals surface area contributed by atoms with E-state index in [0.717, 1.165) is 0 Å². The topological polar surface area (TPSA) is 82.1 Å². The van der Waals surface area contributed by atoms with E-state index in [1.165, 1.54) is 11.0 Å². The zero-order chi connectivity index (χ0) is 19.1. The number of hydrogen-bond acceptors (Lipinski definition) is 6. The van der Waals surface area contributed by atoms with Gasteiger partial charge in [0.05, 0.1) is 6.61 Å². The Bertz CT molecular complexity index is 657. The van der Waals surface area contributed by atoms with Crippen LogP contribution < -0.4 is 0 Å². The molecule has 0 radical (unpaired) electrons. The van der Waals surface area contributed by atoms with Crippen LogP contribution in [0, 0.1) is 0 Å². The van der Waals surface area contributed by atoms with Gasteiger partial charge in [-0.3, -0.25) is 0 Å². The van der Waals surface area contributed by atoms with Gasteiger partial charge in [-0.1, -0.05) is 0 Å². The quantitative estimate of drug-likeness (QED) is 0.535. The highest BCUT2D eigenvalue weighted by molar-refractivity contribution is 7.87. The third-order valence-corrected chi connectivity index (χ3v) is 4.75. The van der Waals surface area contributed by atoms with Gasteiger partial charge in [0.1, 0.15) is 17.0 Å². The number of rotatable bonds is 2. The third kappa shape index (κ3) is 4.38. The fourth-order valence-corrected chi connectivity index (χ4v) is 3.13. The molecule has 2 aliphatic rings. The monoisotopic (exact) mass is 387 g/mol. The summed E-state index contributed by atoms with van der Waals surface area (Å²) in [6, 6.07) is 0. The van der Waals surface area contributed by atoms with Gasteiger partial charge >= 0.3 is 21.7 Å². The highest BCUT2D eigenvalue weighted by Crippen LogP contribution is 2.40. The second kappa shape index (κ2) is 6.35. The predicted molar refractivity (Wildman–Crippen MR) is 79.9 cm³/mol. The Balaban J connectivity index is 2.05. The average molecular weight is 387 g/mol. The Labute approximate surface area is 143 Å². The summed E-state index contributed by atoms with van der Waals surface area (Å²) in [5.74, 6) is -0.381. The standard InChI is InChI=1S/C14H20F3NO6S/c1-12(2,3)23-11(19)18-7-5-13(6-8-18)10(4-9-22-13)24-25(20,21)14(15,16)17/h4H,5-9H2,1-3H3. The first-order chi connectivity index (χ1) is 11.3. The number of ether oxygens (including phenoxy) is 2. The molecular weight excluding hydrogens is 367 g/mol. The number of likely N-dealkylation sites (tertiary alicyclic amines) is 1. The number of carbonyl (C=O) groups excluding carboxylic acids is 1. The summed E-state index contributed by atoms with van der Waals surface area (Å²) >= 11 is 0. The first-order valence-corrected chi connectivity index (χ1v) is 9.00. The molecule has 0 atom stereocenters. The normalized spacial score (nSPS) is 21.2. The molecule has 0 N–H and O–H groups in total. The van der Waals surface area contributed by atoms with E-state index in [-0.39, 0.29) is 38.3 Å². The number of halogens is 3. The number of alkyl halides is 3. The zero-order valence-electron chi connectivity index (χ0n) is 14.1. The van der Waals surface area contributed by atoms with Gasteiger partial charge in [0.15, 0.2) is 0 Å². The Kier molecular flexibility index (Phi) is 5.03. The molecule has 2 aliphatic heterocycles. The van der Waals surface area contributed by atoms with Crippen molar-refractivity contribution in [2.45, 2.75) is 50.3 Å². The lowest BCUT2D eigenvalue weighted by molar-refractivity contribution is -0.0654. The van der Waals surface area contributed by atoms with E-state index in [9.17, 15) is 26.4 Å². The van der Waals surface area contributed by atoms with Gasteiger partial charge in [0, 0.05) is 25.9 Å². The molecule has 1 spiro atoms. The number of carbonyl (C=O) groups is 1. The van der Waals surface area contributed by atoms with Crippen molar-refractivity contribution in [2.75, 3.05) is 19.7 Å². The van der Waals surface area contributed by atoms with Crippen molar-refractivity contribution in [3.63, 3.8) is 0 Å². The molecule has 144 valence electrons. The molecule has 11 heteroatoms. The van der Waals surface area contributed by atoms with Gasteiger partial charge in [-0.15, -0.1) is 0 Å². The minimum absolute atomic E-state index is 0.0604. The fraction of sp³-hybridized carbons (Fsp3) is 0.786. The molecule has 0 aliphatic carbocycles. The molecule has 1 fully saturated rings. The van der Waals surface area contributed by atoms with E-state index in [4.69, 9.17) is 9.47 Å². The Morgan fingerprint density at radius 1 is 1.24 bits per heavy atom. The molecule has 0 aromatic carbocycles. The lowest BCUT2D eigenvalue weighted by Gasteiger charge is -2.39. The highest BCUT2D eigenvalue weighted by Gasteiger charge is 2.53. The van der Waals surface area contributed by atoms with Crippen LogP contribution in [-0.2, 0) is 23.8 Å². The molecule has 0 saturated carbocycles. The maximum absolute atomic E-state index is 12.5. The van der Waals surface area contributed by atoms with Crippen molar-refractivity contribution in [3.8, 4) is 0 Å². The molecule has 0 aromatic rings. The molecule has 1 saturated heterocycles. The van der Waals surface area contributed by atoms with Crippen molar-refractivity contribution in [1.82, 2.24) is 4.90 Å². The van der Waals surface area contributed by atoms with Crippen LogP contribution in [0.15, 0.2) is 11.8 Å². The SMILES string of the molecule is CC(C)(C)OC(=O)N1CCC2(CC1)OCC=C2OS(=O)(=O)C(F)(F)F. The molecular formula is C14H20F3NO6S. The largest absolute Gasteiger partial charge is 0.534 e. The summed E-state index contributed by atoms with van der Waals surface area (Å²) in [6.45, 7) is 5.37. The first-order valence-electron chi connectivity index (χ1n) is 7.59. The number of hydrogen-bond donors (Lipinski definition) is 0. The van der Waals surface area contributed by atoms with Crippen LogP contribution in [0.25, 0.3) is 0 Å². The van der Waals surface area contributed by atoms with E-state index in [1.807, 2.05) is 0 Å². The van der Waals surface area contributed by atoms with Crippen molar-refractivity contribution >= 4 is 16.2 Å². The Morgan fingerprint density at radius 2 is 1.80 bits per heavy atom. The van der Waals surface area contributed by atoms with Gasteiger partial charge in [-0.05, 0) is 26.8 Å². The van der Waals surface area contributed by atoms with Crippen LogP contribution in [0.5, 0.6) is 0 Å². The number of piperidine rings is 1. The van der Waals surface area contributed by atoms with Crippen molar-refractivity contribution in [3.05, 3.63) is 11.8 Å². The molecule has 2 heterocycles. The molecule has 0 bridgehead atoms. The first kappa shape index (κ1) is 19.8. The smallest absolute Gasteiger partial charge is 0.444 e. The van der Waals surface area contributed by atoms with E-state index in [1.54, 1.807) is 20.8 Å². The summed E-state index contributed by atoms with van der Waals surface area (Å²) < 4.78 is 75.0. The Hall–Kier alpha value is -1.49. The van der Waals surface area contributed by atoms with Gasteiger partial charge in [0.25, 0.3) is 0 Å². The lowest BCUT2D eigenvalue weighted by atomic mass is 9.90. The van der Waals surface area contributed by atoms with Crippen LogP contribution >= 0.6 is 0 Å². The van der Waals surface area contributed by atoms with Gasteiger partial charge in [-0.2, -0.15) is 21.6 Å².